The quantitative estimate of drug-likeness (QED) is 0.301. The third kappa shape index (κ3) is 14.8. The molecule has 0 unspecified atom stereocenters. The van der Waals surface area contributed by atoms with Gasteiger partial charge in [0.05, 0.1) is 0 Å². The average molecular weight is 333 g/mol. The predicted molar refractivity (Wildman–Crippen MR) is 76.3 cm³/mol. The minimum absolute atomic E-state index is 1.37. The van der Waals surface area contributed by atoms with Crippen molar-refractivity contribution < 1.29 is 0 Å². The Morgan fingerprint density at radius 3 is 1.12 bits per heavy atom. The Hall–Kier alpha value is 0.818. The monoisotopic (exact) mass is 332 g/mol. The van der Waals surface area contributed by atoms with Gasteiger partial charge >= 0.3 is 98.0 Å². The summed E-state index contributed by atoms with van der Waals surface area (Å²) in [6.07, 6.45) is 19.1. The molecule has 0 heterocycles. The van der Waals surface area contributed by atoms with Crippen LogP contribution < -0.4 is 0 Å². The van der Waals surface area contributed by atoms with Gasteiger partial charge in [-0.2, -0.15) is 0 Å². The molecule has 0 nitrogen and oxygen atoms in total. The van der Waals surface area contributed by atoms with Crippen LogP contribution in [0.3, 0.4) is 0 Å². The first-order chi connectivity index (χ1) is 7.91. The number of unbranched alkanes of at least 4 members (excludes halogenated alkanes) is 12. The van der Waals surface area contributed by atoms with E-state index in [2.05, 4.69) is 6.92 Å². The molecular weight excluding hydrogens is 302 g/mol. The van der Waals surface area contributed by atoms with E-state index < -0.39 is 0 Å². The van der Waals surface area contributed by atoms with Crippen LogP contribution in [-0.2, 0) is 0 Å². The van der Waals surface area contributed by atoms with Crippen LogP contribution in [0.1, 0.15) is 90.4 Å². The fourth-order valence-corrected chi connectivity index (χ4v) is 2.77. The second-order valence-corrected chi connectivity index (χ2v) is 6.24. The molecule has 0 fully saturated rings. The Labute approximate surface area is 117 Å². The molecule has 0 bridgehead atoms. The summed E-state index contributed by atoms with van der Waals surface area (Å²) in [4.78, 5) is 0. The van der Waals surface area contributed by atoms with Crippen LogP contribution in [0, 0.1) is 0 Å². The van der Waals surface area contributed by atoms with Gasteiger partial charge < -0.3 is 0 Å². The van der Waals surface area contributed by atoms with E-state index in [4.69, 9.17) is 0 Å². The maximum atomic E-state index is 2.29. The summed E-state index contributed by atoms with van der Waals surface area (Å²) in [5, 5.41) is 0. The van der Waals surface area contributed by atoms with Crippen LogP contribution in [0.2, 0.25) is 4.37 Å². The van der Waals surface area contributed by atoms with Gasteiger partial charge in [0.2, 0.25) is 0 Å². The summed E-state index contributed by atoms with van der Waals surface area (Å²) in [5.74, 6) is 0. The average Bonchev–Trinajstić information content (AvgIpc) is 2.31. The standard InChI is InChI=1S/C15H31.Sb/c1-3-5-7-9-11-13-15-14-12-10-8-6-4-2;/h1,3-15H2,2H3;. The van der Waals surface area contributed by atoms with E-state index in [0.717, 1.165) is 0 Å². The van der Waals surface area contributed by atoms with Crippen molar-refractivity contribution in [3.63, 3.8) is 0 Å². The molecule has 0 saturated carbocycles. The van der Waals surface area contributed by atoms with E-state index >= 15 is 0 Å². The van der Waals surface area contributed by atoms with E-state index in [0.29, 0.717) is 0 Å². The van der Waals surface area contributed by atoms with Crippen molar-refractivity contribution in [3.8, 4) is 0 Å². The molecule has 16 heavy (non-hydrogen) atoms. The molecule has 0 aliphatic rings. The van der Waals surface area contributed by atoms with Crippen LogP contribution in [-0.4, -0.2) is 23.0 Å². The van der Waals surface area contributed by atoms with Gasteiger partial charge in [-0.25, -0.2) is 0 Å². The second-order valence-electron chi connectivity index (χ2n) is 4.97. The van der Waals surface area contributed by atoms with Crippen molar-refractivity contribution in [2.45, 2.75) is 94.8 Å². The summed E-state index contributed by atoms with van der Waals surface area (Å²) in [6.45, 7) is 2.29. The summed E-state index contributed by atoms with van der Waals surface area (Å²) >= 11 is 1.97. The van der Waals surface area contributed by atoms with Gasteiger partial charge in [-0.05, 0) is 0 Å². The fourth-order valence-electron chi connectivity index (χ4n) is 2.13. The topological polar surface area (TPSA) is 0 Å². The Balaban J connectivity index is 2.83. The number of hydrogen-bond acceptors (Lipinski definition) is 0. The first-order valence-electron chi connectivity index (χ1n) is 7.52. The molecule has 1 heteroatoms. The van der Waals surface area contributed by atoms with Gasteiger partial charge in [-0.1, -0.05) is 19.8 Å². The normalized spacial score (nSPS) is 10.9. The molecule has 0 spiro atoms. The summed E-state index contributed by atoms with van der Waals surface area (Å²) in [6, 6.07) is 0. The van der Waals surface area contributed by atoms with Crippen molar-refractivity contribution in [1.29, 1.82) is 0 Å². The van der Waals surface area contributed by atoms with Crippen LogP contribution in [0.4, 0.5) is 0 Å². The Morgan fingerprint density at radius 1 is 0.500 bits per heavy atom. The van der Waals surface area contributed by atoms with E-state index in [1.54, 1.807) is 0 Å². The summed E-state index contributed by atoms with van der Waals surface area (Å²) in [5.41, 5.74) is 0. The van der Waals surface area contributed by atoms with Gasteiger partial charge in [0.1, 0.15) is 0 Å². The van der Waals surface area contributed by atoms with Gasteiger partial charge in [-0.3, -0.25) is 0 Å². The van der Waals surface area contributed by atoms with E-state index in [-0.39, 0.29) is 0 Å². The van der Waals surface area contributed by atoms with Gasteiger partial charge in [0, 0.05) is 0 Å². The van der Waals surface area contributed by atoms with E-state index in [9.17, 15) is 0 Å². The van der Waals surface area contributed by atoms with Crippen molar-refractivity contribution in [2.75, 3.05) is 0 Å². The first-order valence-corrected chi connectivity index (χ1v) is 9.33. The molecular formula is C15H31Sb. The van der Waals surface area contributed by atoms with Gasteiger partial charge in [0.25, 0.3) is 0 Å². The van der Waals surface area contributed by atoms with E-state index in [1.807, 2.05) is 23.0 Å². The Morgan fingerprint density at radius 2 is 0.812 bits per heavy atom. The molecule has 96 valence electrons. The van der Waals surface area contributed by atoms with E-state index in [1.165, 1.54) is 87.8 Å². The van der Waals surface area contributed by atoms with Crippen LogP contribution in [0.25, 0.3) is 0 Å². The van der Waals surface area contributed by atoms with Gasteiger partial charge in [0.15, 0.2) is 0 Å². The van der Waals surface area contributed by atoms with Crippen molar-refractivity contribution in [2.24, 2.45) is 0 Å². The molecule has 0 rings (SSSR count). The second kappa shape index (κ2) is 15.8. The van der Waals surface area contributed by atoms with Gasteiger partial charge in [-0.15, -0.1) is 0 Å². The summed E-state index contributed by atoms with van der Waals surface area (Å²) in [7, 11) is 0. The van der Waals surface area contributed by atoms with Crippen LogP contribution in [0.5, 0.6) is 0 Å². The van der Waals surface area contributed by atoms with Crippen LogP contribution >= 0.6 is 0 Å². The van der Waals surface area contributed by atoms with Crippen molar-refractivity contribution in [1.82, 2.24) is 0 Å². The molecule has 0 aromatic rings. The maximum absolute atomic E-state index is 2.29. The van der Waals surface area contributed by atoms with Crippen LogP contribution in [0.15, 0.2) is 0 Å². The fraction of sp³-hybridized carbons (Fsp3) is 1.00. The zero-order valence-electron chi connectivity index (χ0n) is 11.3. The zero-order chi connectivity index (χ0) is 11.9. The number of rotatable bonds is 13. The molecule has 0 aliphatic heterocycles. The predicted octanol–water partition coefficient (Wildman–Crippen LogP) is 5.66. The molecule has 0 atom stereocenters. The Kier molecular flexibility index (Phi) is 16.6. The third-order valence-electron chi connectivity index (χ3n) is 3.26. The minimum atomic E-state index is 1.37. The SMILES string of the molecule is CCCCCCCCCCCCCC[CH2][Sb]. The van der Waals surface area contributed by atoms with Crippen molar-refractivity contribution in [3.05, 3.63) is 0 Å². The first kappa shape index (κ1) is 16.8. The third-order valence-corrected chi connectivity index (χ3v) is 4.16. The molecule has 0 aromatic heterocycles. The molecule has 0 amide bonds. The Bertz CT molecular complexity index is 98.0. The molecule has 0 aliphatic carbocycles. The number of hydrogen-bond donors (Lipinski definition) is 0. The zero-order valence-corrected chi connectivity index (χ0v) is 13.9. The molecule has 2 radical (unpaired) electrons. The molecule has 0 N–H and O–H groups in total. The van der Waals surface area contributed by atoms with Crippen molar-refractivity contribution >= 4 is 23.0 Å². The molecule has 0 aromatic carbocycles. The molecule has 0 saturated heterocycles. The summed E-state index contributed by atoms with van der Waals surface area (Å²) < 4.78 is 1.42.